The summed E-state index contributed by atoms with van der Waals surface area (Å²) in [7, 11) is 0. The van der Waals surface area contributed by atoms with E-state index in [1.807, 2.05) is 30.3 Å². The Morgan fingerprint density at radius 2 is 2.00 bits per heavy atom. The molecule has 2 N–H and O–H groups in total. The summed E-state index contributed by atoms with van der Waals surface area (Å²) in [5.41, 5.74) is 7.06. The second kappa shape index (κ2) is 5.15. The SMILES string of the molecule is CC1CCCC(N=C(N)c2ccccc2)C1. The van der Waals surface area contributed by atoms with Gasteiger partial charge < -0.3 is 5.73 Å². The van der Waals surface area contributed by atoms with Crippen LogP contribution in [0.2, 0.25) is 0 Å². The number of nitrogens with two attached hydrogens (primary N) is 1. The molecule has 1 aliphatic carbocycles. The summed E-state index contributed by atoms with van der Waals surface area (Å²) in [6, 6.07) is 10.5. The topological polar surface area (TPSA) is 38.4 Å². The largest absolute Gasteiger partial charge is 0.383 e. The van der Waals surface area contributed by atoms with Gasteiger partial charge in [0.2, 0.25) is 0 Å². The van der Waals surface area contributed by atoms with E-state index in [2.05, 4.69) is 11.9 Å². The van der Waals surface area contributed by atoms with Crippen LogP contribution in [0.5, 0.6) is 0 Å². The summed E-state index contributed by atoms with van der Waals surface area (Å²) in [6.07, 6.45) is 5.01. The lowest BCUT2D eigenvalue weighted by atomic mass is 9.87. The minimum Gasteiger partial charge on any atom is -0.383 e. The van der Waals surface area contributed by atoms with Gasteiger partial charge in [0.25, 0.3) is 0 Å². The first-order valence-corrected chi connectivity index (χ1v) is 6.14. The Morgan fingerprint density at radius 3 is 2.69 bits per heavy atom. The zero-order chi connectivity index (χ0) is 11.4. The molecule has 0 aliphatic heterocycles. The van der Waals surface area contributed by atoms with E-state index >= 15 is 0 Å². The third-order valence-electron chi connectivity index (χ3n) is 3.30. The highest BCUT2D eigenvalue weighted by molar-refractivity contribution is 5.97. The van der Waals surface area contributed by atoms with E-state index in [4.69, 9.17) is 5.73 Å². The molecular formula is C14H20N2. The van der Waals surface area contributed by atoms with Gasteiger partial charge in [-0.15, -0.1) is 0 Å². The third kappa shape index (κ3) is 2.84. The molecule has 16 heavy (non-hydrogen) atoms. The first kappa shape index (κ1) is 11.2. The average molecular weight is 216 g/mol. The Hall–Kier alpha value is -1.31. The quantitative estimate of drug-likeness (QED) is 0.599. The molecule has 1 aromatic rings. The minimum atomic E-state index is 0.434. The molecular weight excluding hydrogens is 196 g/mol. The van der Waals surface area contributed by atoms with Crippen molar-refractivity contribution in [1.29, 1.82) is 0 Å². The van der Waals surface area contributed by atoms with Crippen LogP contribution in [0.3, 0.4) is 0 Å². The highest BCUT2D eigenvalue weighted by Gasteiger charge is 2.18. The molecule has 0 radical (unpaired) electrons. The highest BCUT2D eigenvalue weighted by Crippen LogP contribution is 2.25. The molecule has 0 heterocycles. The van der Waals surface area contributed by atoms with E-state index < -0.39 is 0 Å². The van der Waals surface area contributed by atoms with Crippen LogP contribution in [-0.2, 0) is 0 Å². The number of nitrogens with zero attached hydrogens (tertiary/aromatic N) is 1. The molecule has 2 rings (SSSR count). The van der Waals surface area contributed by atoms with Crippen molar-refractivity contribution < 1.29 is 0 Å². The molecule has 1 saturated carbocycles. The summed E-state index contributed by atoms with van der Waals surface area (Å²) in [5.74, 6) is 1.49. The van der Waals surface area contributed by atoms with Gasteiger partial charge in [-0.25, -0.2) is 0 Å². The van der Waals surface area contributed by atoms with Crippen LogP contribution in [0.25, 0.3) is 0 Å². The van der Waals surface area contributed by atoms with E-state index in [1.165, 1.54) is 25.7 Å². The lowest BCUT2D eigenvalue weighted by Gasteiger charge is -2.24. The summed E-state index contributed by atoms with van der Waals surface area (Å²) < 4.78 is 0. The van der Waals surface area contributed by atoms with E-state index in [0.29, 0.717) is 11.9 Å². The van der Waals surface area contributed by atoms with Crippen LogP contribution in [0, 0.1) is 5.92 Å². The van der Waals surface area contributed by atoms with E-state index in [9.17, 15) is 0 Å². The van der Waals surface area contributed by atoms with Crippen molar-refractivity contribution in [3.05, 3.63) is 35.9 Å². The van der Waals surface area contributed by atoms with Crippen LogP contribution < -0.4 is 5.73 Å². The molecule has 0 aromatic heterocycles. The predicted octanol–water partition coefficient (Wildman–Crippen LogP) is 2.97. The number of hydrogen-bond acceptors (Lipinski definition) is 1. The normalized spacial score (nSPS) is 26.7. The van der Waals surface area contributed by atoms with Crippen molar-refractivity contribution in [2.75, 3.05) is 0 Å². The fourth-order valence-corrected chi connectivity index (χ4v) is 2.40. The highest BCUT2D eigenvalue weighted by atomic mass is 14.9. The monoisotopic (exact) mass is 216 g/mol. The maximum atomic E-state index is 6.02. The summed E-state index contributed by atoms with van der Waals surface area (Å²) in [6.45, 7) is 2.31. The zero-order valence-electron chi connectivity index (χ0n) is 9.89. The van der Waals surface area contributed by atoms with Crippen molar-refractivity contribution in [3.8, 4) is 0 Å². The Balaban J connectivity index is 2.06. The van der Waals surface area contributed by atoms with Gasteiger partial charge in [0.1, 0.15) is 5.84 Å². The number of amidine groups is 1. The number of aliphatic imine (C=N–C) groups is 1. The summed E-state index contributed by atoms with van der Waals surface area (Å²) >= 11 is 0. The van der Waals surface area contributed by atoms with Crippen molar-refractivity contribution >= 4 is 5.84 Å². The fourth-order valence-electron chi connectivity index (χ4n) is 2.40. The molecule has 0 amide bonds. The molecule has 2 heteroatoms. The molecule has 86 valence electrons. The van der Waals surface area contributed by atoms with Gasteiger partial charge in [-0.1, -0.05) is 50.1 Å². The first-order valence-electron chi connectivity index (χ1n) is 6.14. The van der Waals surface area contributed by atoms with Gasteiger partial charge in [0, 0.05) is 5.56 Å². The summed E-state index contributed by atoms with van der Waals surface area (Å²) in [5, 5.41) is 0. The minimum absolute atomic E-state index is 0.434. The number of rotatable bonds is 2. The van der Waals surface area contributed by atoms with Gasteiger partial charge in [-0.2, -0.15) is 0 Å². The van der Waals surface area contributed by atoms with Crippen LogP contribution in [0.1, 0.15) is 38.2 Å². The lowest BCUT2D eigenvalue weighted by molar-refractivity contribution is 0.345. The van der Waals surface area contributed by atoms with Gasteiger partial charge in [-0.05, 0) is 18.8 Å². The van der Waals surface area contributed by atoms with Crippen molar-refractivity contribution in [2.24, 2.45) is 16.6 Å². The number of benzene rings is 1. The van der Waals surface area contributed by atoms with Crippen LogP contribution in [0.4, 0.5) is 0 Å². The van der Waals surface area contributed by atoms with Gasteiger partial charge in [0.15, 0.2) is 0 Å². The van der Waals surface area contributed by atoms with Crippen LogP contribution in [-0.4, -0.2) is 11.9 Å². The Kier molecular flexibility index (Phi) is 3.60. The molecule has 0 bridgehead atoms. The molecule has 1 fully saturated rings. The standard InChI is InChI=1S/C14H20N2/c1-11-6-5-9-13(10-11)16-14(15)12-7-3-2-4-8-12/h2-4,7-8,11,13H,5-6,9-10H2,1H3,(H2,15,16). The van der Waals surface area contributed by atoms with Crippen molar-refractivity contribution in [2.45, 2.75) is 38.6 Å². The molecule has 2 nitrogen and oxygen atoms in total. The van der Waals surface area contributed by atoms with Crippen molar-refractivity contribution in [1.82, 2.24) is 0 Å². The maximum absolute atomic E-state index is 6.02. The Labute approximate surface area is 97.6 Å². The lowest BCUT2D eigenvalue weighted by Crippen LogP contribution is -2.22. The molecule has 2 atom stereocenters. The van der Waals surface area contributed by atoms with Crippen LogP contribution in [0.15, 0.2) is 35.3 Å². The molecule has 1 aliphatic rings. The van der Waals surface area contributed by atoms with Gasteiger partial charge in [0.05, 0.1) is 6.04 Å². The zero-order valence-corrected chi connectivity index (χ0v) is 9.89. The third-order valence-corrected chi connectivity index (χ3v) is 3.30. The van der Waals surface area contributed by atoms with Crippen molar-refractivity contribution in [3.63, 3.8) is 0 Å². The van der Waals surface area contributed by atoms with E-state index in [-0.39, 0.29) is 0 Å². The van der Waals surface area contributed by atoms with Crippen LogP contribution >= 0.6 is 0 Å². The second-order valence-corrected chi connectivity index (χ2v) is 4.81. The fraction of sp³-hybridized carbons (Fsp3) is 0.500. The van der Waals surface area contributed by atoms with E-state index in [0.717, 1.165) is 11.5 Å². The Morgan fingerprint density at radius 1 is 1.25 bits per heavy atom. The van der Waals surface area contributed by atoms with Gasteiger partial charge >= 0.3 is 0 Å². The Bertz CT molecular complexity index is 356. The average Bonchev–Trinajstić information content (AvgIpc) is 2.30. The predicted molar refractivity (Wildman–Crippen MR) is 68.6 cm³/mol. The molecule has 1 aromatic carbocycles. The van der Waals surface area contributed by atoms with Gasteiger partial charge in [-0.3, -0.25) is 4.99 Å². The smallest absolute Gasteiger partial charge is 0.125 e. The molecule has 2 unspecified atom stereocenters. The molecule has 0 saturated heterocycles. The number of hydrogen-bond donors (Lipinski definition) is 1. The van der Waals surface area contributed by atoms with E-state index in [1.54, 1.807) is 0 Å². The summed E-state index contributed by atoms with van der Waals surface area (Å²) in [4.78, 5) is 4.65. The second-order valence-electron chi connectivity index (χ2n) is 4.81. The first-order chi connectivity index (χ1) is 7.75. The molecule has 0 spiro atoms. The maximum Gasteiger partial charge on any atom is 0.125 e.